The number of ether oxygens (including phenoxy) is 2. The molecule has 1 N–H and O–H groups in total. The van der Waals surface area contributed by atoms with Crippen LogP contribution in [0.2, 0.25) is 0 Å². The lowest BCUT2D eigenvalue weighted by Gasteiger charge is -2.48. The average Bonchev–Trinajstić information content (AvgIpc) is 2.49. The van der Waals surface area contributed by atoms with Crippen molar-refractivity contribution in [3.63, 3.8) is 0 Å². The highest BCUT2D eigenvalue weighted by Crippen LogP contribution is 2.38. The predicted octanol–water partition coefficient (Wildman–Crippen LogP) is 1.67. The first-order valence-corrected chi connectivity index (χ1v) is 6.73. The number of benzene rings is 1. The van der Waals surface area contributed by atoms with Gasteiger partial charge in [-0.15, -0.1) is 0 Å². The molecule has 114 valence electrons. The van der Waals surface area contributed by atoms with E-state index in [-0.39, 0.29) is 18.9 Å². The monoisotopic (exact) mass is 293 g/mol. The minimum Gasteiger partial charge on any atom is -0.497 e. The third-order valence-corrected chi connectivity index (χ3v) is 4.07. The first-order chi connectivity index (χ1) is 9.98. The van der Waals surface area contributed by atoms with Crippen molar-refractivity contribution in [2.24, 2.45) is 0 Å². The molecule has 0 saturated carbocycles. The molecule has 1 aromatic carbocycles. The van der Waals surface area contributed by atoms with Crippen molar-refractivity contribution in [1.29, 1.82) is 0 Å². The van der Waals surface area contributed by atoms with E-state index in [0.717, 1.165) is 5.56 Å². The summed E-state index contributed by atoms with van der Waals surface area (Å²) in [7, 11) is 3.08. The Kier molecular flexibility index (Phi) is 4.06. The molecule has 6 nitrogen and oxygen atoms in total. The Morgan fingerprint density at radius 3 is 2.57 bits per heavy atom. The summed E-state index contributed by atoms with van der Waals surface area (Å²) in [4.78, 5) is 24.7. The lowest BCUT2D eigenvalue weighted by atomic mass is 9.81. The van der Waals surface area contributed by atoms with Crippen LogP contribution in [0.1, 0.15) is 25.3 Å². The fraction of sp³-hybridized carbons (Fsp3) is 0.467. The standard InChI is InChI=1S/C15H19NO5/c1-4-15(14(18)19)8-13(17)16(15)9-10-5-6-11(20-2)7-12(10)21-3/h5-7H,4,8-9H2,1-3H3,(H,18,19). The molecule has 1 aromatic rings. The van der Waals surface area contributed by atoms with E-state index >= 15 is 0 Å². The Hall–Kier alpha value is -2.24. The summed E-state index contributed by atoms with van der Waals surface area (Å²) < 4.78 is 10.4. The Bertz CT molecular complexity index is 571. The number of carbonyl (C=O) groups excluding carboxylic acids is 1. The molecule has 1 atom stereocenters. The van der Waals surface area contributed by atoms with E-state index in [2.05, 4.69) is 0 Å². The first kappa shape index (κ1) is 15.2. The van der Waals surface area contributed by atoms with Crippen molar-refractivity contribution >= 4 is 11.9 Å². The summed E-state index contributed by atoms with van der Waals surface area (Å²) in [6.45, 7) is 1.99. The van der Waals surface area contributed by atoms with Gasteiger partial charge in [0.1, 0.15) is 17.0 Å². The number of amides is 1. The van der Waals surface area contributed by atoms with Crippen molar-refractivity contribution in [3.05, 3.63) is 23.8 Å². The molecule has 0 radical (unpaired) electrons. The number of β-lactam (4-membered cyclic amide) rings is 1. The summed E-state index contributed by atoms with van der Waals surface area (Å²) in [5.74, 6) is 0.101. The first-order valence-electron chi connectivity index (χ1n) is 6.73. The fourth-order valence-electron chi connectivity index (χ4n) is 2.64. The number of methoxy groups -OCH3 is 2. The zero-order chi connectivity index (χ0) is 15.6. The molecule has 0 aromatic heterocycles. The maximum Gasteiger partial charge on any atom is 0.330 e. The minimum absolute atomic E-state index is 0.0529. The van der Waals surface area contributed by atoms with Crippen molar-refractivity contribution in [3.8, 4) is 11.5 Å². The lowest BCUT2D eigenvalue weighted by molar-refractivity contribution is -0.177. The van der Waals surface area contributed by atoms with Crippen molar-refractivity contribution < 1.29 is 24.2 Å². The number of rotatable bonds is 6. The molecule has 0 spiro atoms. The van der Waals surface area contributed by atoms with Crippen LogP contribution in [0.3, 0.4) is 0 Å². The molecular weight excluding hydrogens is 274 g/mol. The quantitative estimate of drug-likeness (QED) is 0.807. The number of carboxylic acid groups (broad SMARTS) is 1. The highest BCUT2D eigenvalue weighted by atomic mass is 16.5. The number of hydrogen-bond acceptors (Lipinski definition) is 4. The third-order valence-electron chi connectivity index (χ3n) is 4.07. The van der Waals surface area contributed by atoms with Crippen LogP contribution in [0.4, 0.5) is 0 Å². The second kappa shape index (κ2) is 5.63. The molecule has 1 unspecified atom stereocenters. The Labute approximate surface area is 123 Å². The number of carboxylic acids is 1. The fourth-order valence-corrected chi connectivity index (χ4v) is 2.64. The summed E-state index contributed by atoms with van der Waals surface area (Å²) in [5, 5.41) is 9.41. The van der Waals surface area contributed by atoms with Gasteiger partial charge >= 0.3 is 5.97 Å². The second-order valence-electron chi connectivity index (χ2n) is 5.02. The van der Waals surface area contributed by atoms with Gasteiger partial charge in [0, 0.05) is 11.6 Å². The van der Waals surface area contributed by atoms with Gasteiger partial charge in [-0.1, -0.05) is 6.92 Å². The molecule has 2 rings (SSSR count). The third kappa shape index (κ3) is 2.41. The molecule has 1 saturated heterocycles. The average molecular weight is 293 g/mol. The molecule has 1 fully saturated rings. The van der Waals surface area contributed by atoms with Gasteiger partial charge in [-0.25, -0.2) is 4.79 Å². The normalized spacial score (nSPS) is 20.9. The smallest absolute Gasteiger partial charge is 0.330 e. The van der Waals surface area contributed by atoms with E-state index in [9.17, 15) is 14.7 Å². The lowest BCUT2D eigenvalue weighted by Crippen LogP contribution is -2.66. The molecule has 1 aliphatic rings. The van der Waals surface area contributed by atoms with E-state index < -0.39 is 11.5 Å². The van der Waals surface area contributed by atoms with Gasteiger partial charge in [-0.2, -0.15) is 0 Å². The SMILES string of the molecule is CCC1(C(=O)O)CC(=O)N1Cc1ccc(OC)cc1OC. The zero-order valence-electron chi connectivity index (χ0n) is 12.4. The molecule has 6 heteroatoms. The molecule has 1 aliphatic heterocycles. The van der Waals surface area contributed by atoms with Crippen LogP contribution in [0, 0.1) is 0 Å². The largest absolute Gasteiger partial charge is 0.497 e. The summed E-state index contributed by atoms with van der Waals surface area (Å²) in [5.41, 5.74) is -0.340. The molecule has 0 bridgehead atoms. The maximum absolute atomic E-state index is 11.8. The van der Waals surface area contributed by atoms with Crippen LogP contribution < -0.4 is 9.47 Å². The van der Waals surface area contributed by atoms with Crippen molar-refractivity contribution in [1.82, 2.24) is 4.90 Å². The summed E-state index contributed by atoms with van der Waals surface area (Å²) >= 11 is 0. The van der Waals surface area contributed by atoms with E-state index in [1.807, 2.05) is 0 Å². The van der Waals surface area contributed by atoms with Gasteiger partial charge in [0.15, 0.2) is 0 Å². The van der Waals surface area contributed by atoms with Crippen LogP contribution >= 0.6 is 0 Å². The Morgan fingerprint density at radius 2 is 2.10 bits per heavy atom. The van der Waals surface area contributed by atoms with Gasteiger partial charge in [-0.05, 0) is 18.6 Å². The molecule has 1 heterocycles. The van der Waals surface area contributed by atoms with Gasteiger partial charge in [0.25, 0.3) is 0 Å². The number of hydrogen-bond donors (Lipinski definition) is 1. The molecule has 1 amide bonds. The molecule has 0 aliphatic carbocycles. The summed E-state index contributed by atoms with van der Waals surface area (Å²) in [6, 6.07) is 5.26. The Balaban J connectivity index is 2.28. The number of nitrogens with zero attached hydrogens (tertiary/aromatic N) is 1. The van der Waals surface area contributed by atoms with Crippen LogP contribution in [0.15, 0.2) is 18.2 Å². The van der Waals surface area contributed by atoms with E-state index in [4.69, 9.17) is 9.47 Å². The number of carbonyl (C=O) groups is 2. The van der Waals surface area contributed by atoms with Gasteiger partial charge in [0.2, 0.25) is 5.91 Å². The molecular formula is C15H19NO5. The number of aliphatic carboxylic acids is 1. The predicted molar refractivity (Wildman–Crippen MR) is 75.4 cm³/mol. The van der Waals surface area contributed by atoms with Crippen LogP contribution in [0.25, 0.3) is 0 Å². The van der Waals surface area contributed by atoms with E-state index in [1.54, 1.807) is 32.2 Å². The maximum atomic E-state index is 11.8. The summed E-state index contributed by atoms with van der Waals surface area (Å²) in [6.07, 6.45) is 0.434. The number of likely N-dealkylation sites (tertiary alicyclic amines) is 1. The topological polar surface area (TPSA) is 76.1 Å². The van der Waals surface area contributed by atoms with Crippen LogP contribution in [-0.2, 0) is 16.1 Å². The van der Waals surface area contributed by atoms with E-state index in [0.29, 0.717) is 17.9 Å². The minimum atomic E-state index is -1.10. The van der Waals surface area contributed by atoms with Crippen LogP contribution in [0.5, 0.6) is 11.5 Å². The highest BCUT2D eigenvalue weighted by Gasteiger charge is 2.55. The van der Waals surface area contributed by atoms with Gasteiger partial charge in [-0.3, -0.25) is 4.79 Å². The Morgan fingerprint density at radius 1 is 1.38 bits per heavy atom. The van der Waals surface area contributed by atoms with Crippen molar-refractivity contribution in [2.45, 2.75) is 31.8 Å². The second-order valence-corrected chi connectivity index (χ2v) is 5.02. The van der Waals surface area contributed by atoms with E-state index in [1.165, 1.54) is 12.0 Å². The van der Waals surface area contributed by atoms with Gasteiger partial charge < -0.3 is 19.5 Å². The zero-order valence-corrected chi connectivity index (χ0v) is 12.4. The van der Waals surface area contributed by atoms with Crippen molar-refractivity contribution in [2.75, 3.05) is 14.2 Å². The van der Waals surface area contributed by atoms with Crippen LogP contribution in [-0.4, -0.2) is 41.6 Å². The highest BCUT2D eigenvalue weighted by molar-refractivity contribution is 5.98. The molecule has 21 heavy (non-hydrogen) atoms. The van der Waals surface area contributed by atoms with Gasteiger partial charge in [0.05, 0.1) is 27.2 Å².